The number of benzene rings is 6. The molecule has 0 amide bonds. The number of likely N-dealkylation sites (N-methyl/N-ethyl adjacent to an activating group) is 3. The highest BCUT2D eigenvalue weighted by Gasteiger charge is 2.29. The molecule has 596 valence electrons. The zero-order chi connectivity index (χ0) is 78.0. The molecular formula is C85H139N15O8+6. The molecule has 5 aliphatic rings. The van der Waals surface area contributed by atoms with E-state index in [0.29, 0.717) is 28.6 Å². The van der Waals surface area contributed by atoms with Crippen molar-refractivity contribution in [1.29, 1.82) is 0 Å². The summed E-state index contributed by atoms with van der Waals surface area (Å²) in [7, 11) is 13.6. The van der Waals surface area contributed by atoms with Gasteiger partial charge >= 0.3 is 0 Å². The second kappa shape index (κ2) is 43.6. The lowest BCUT2D eigenvalue weighted by Gasteiger charge is -2.37. The number of imidazole rings is 1. The fourth-order valence-corrected chi connectivity index (χ4v) is 15.2. The topological polar surface area (TPSA) is 329 Å². The van der Waals surface area contributed by atoms with Gasteiger partial charge in [-0.15, -0.1) is 0 Å². The van der Waals surface area contributed by atoms with Crippen molar-refractivity contribution in [3.63, 3.8) is 0 Å². The highest BCUT2D eigenvalue weighted by molar-refractivity contribution is 5.69. The Kier molecular flexibility index (Phi) is 35.0. The number of aromatic nitrogens is 2. The van der Waals surface area contributed by atoms with Crippen LogP contribution in [0.4, 0.5) is 45.5 Å². The molecule has 0 spiro atoms. The Morgan fingerprint density at radius 2 is 0.630 bits per heavy atom. The number of aromatic hydroxyl groups is 6. The van der Waals surface area contributed by atoms with Gasteiger partial charge in [0.15, 0.2) is 0 Å². The summed E-state index contributed by atoms with van der Waals surface area (Å²) in [5.41, 5.74) is 45.6. The maximum absolute atomic E-state index is 9.48. The summed E-state index contributed by atoms with van der Waals surface area (Å²) in [6.07, 6.45) is 27.6. The molecule has 23 heteroatoms. The number of quaternary nitrogens is 5. The van der Waals surface area contributed by atoms with Crippen molar-refractivity contribution in [2.75, 3.05) is 218 Å². The Labute approximate surface area is 645 Å². The lowest BCUT2D eigenvalue weighted by atomic mass is 10.0. The second-order valence-electron chi connectivity index (χ2n) is 32.4. The lowest BCUT2D eigenvalue weighted by Crippen LogP contribution is -2.53. The number of phenols is 6. The van der Waals surface area contributed by atoms with Crippen molar-refractivity contribution in [1.82, 2.24) is 4.57 Å². The molecule has 12 rings (SSSR count). The fourth-order valence-electron chi connectivity index (χ4n) is 15.2. The van der Waals surface area contributed by atoms with Crippen LogP contribution in [0.2, 0.25) is 0 Å². The molecule has 0 bridgehead atoms. The van der Waals surface area contributed by atoms with Crippen LogP contribution < -0.4 is 49.6 Å². The first kappa shape index (κ1) is 86.7. The van der Waals surface area contributed by atoms with Crippen molar-refractivity contribution < 1.29 is 67.1 Å². The molecule has 0 atom stereocenters. The highest BCUT2D eigenvalue weighted by atomic mass is 16.5. The second-order valence-corrected chi connectivity index (χ2v) is 32.4. The minimum Gasteiger partial charge on any atom is -0.508 e. The van der Waals surface area contributed by atoms with Crippen molar-refractivity contribution >= 4 is 45.5 Å². The fraction of sp³-hybridized carbons (Fsp3) is 0.541. The van der Waals surface area contributed by atoms with Crippen LogP contribution in [-0.2, 0) is 48.7 Å². The third kappa shape index (κ3) is 31.2. The largest absolute Gasteiger partial charge is 0.508 e. The summed E-state index contributed by atoms with van der Waals surface area (Å²) in [6.45, 7) is 24.3. The highest BCUT2D eigenvalue weighted by Crippen LogP contribution is 2.29. The van der Waals surface area contributed by atoms with Crippen LogP contribution in [0.5, 0.6) is 34.5 Å². The van der Waals surface area contributed by atoms with E-state index in [1.54, 1.807) is 109 Å². The lowest BCUT2D eigenvalue weighted by molar-refractivity contribution is -0.917. The number of piperidine rings is 1. The minimum absolute atomic E-state index is 0.235. The number of nitrogens with one attached hydrogen (secondary N) is 2. The van der Waals surface area contributed by atoms with Gasteiger partial charge in [-0.05, 0) is 209 Å². The smallest absolute Gasteiger partial charge is 0.243 e. The van der Waals surface area contributed by atoms with Crippen LogP contribution in [0.3, 0.4) is 0 Å². The van der Waals surface area contributed by atoms with Gasteiger partial charge < -0.3 is 108 Å². The number of hydrogen-bond acceptors (Lipinski definition) is 16. The number of unbranched alkanes of at least 4 members (excludes halogenated alkanes) is 3. The Balaban J connectivity index is 0.000000181. The summed E-state index contributed by atoms with van der Waals surface area (Å²) in [5.74, 6) is 1.71. The van der Waals surface area contributed by atoms with Crippen LogP contribution in [0.25, 0.3) is 0 Å². The number of ether oxygens (including phenoxy) is 2. The molecule has 1 aromatic heterocycles. The van der Waals surface area contributed by atoms with E-state index < -0.39 is 0 Å². The summed E-state index contributed by atoms with van der Waals surface area (Å²) < 4.78 is 20.7. The summed E-state index contributed by atoms with van der Waals surface area (Å²) in [4.78, 5) is 0. The van der Waals surface area contributed by atoms with Crippen LogP contribution in [0, 0.1) is 0 Å². The molecule has 23 nitrogen and oxygen atoms in total. The van der Waals surface area contributed by atoms with Gasteiger partial charge in [-0.1, -0.05) is 0 Å². The molecule has 6 aromatic carbocycles. The van der Waals surface area contributed by atoms with Crippen LogP contribution >= 0.6 is 0 Å². The van der Waals surface area contributed by atoms with Crippen LogP contribution in [0.15, 0.2) is 128 Å². The van der Waals surface area contributed by atoms with E-state index in [1.807, 2.05) is 30.3 Å². The summed E-state index contributed by atoms with van der Waals surface area (Å²) in [6, 6.07) is 30.8. The number of phenolic OH excluding ortho intramolecular Hbond substituents is 6. The van der Waals surface area contributed by atoms with Gasteiger partial charge in [0, 0.05) is 60.6 Å². The average molecular weight is 1500 g/mol. The maximum atomic E-state index is 9.48. The third-order valence-corrected chi connectivity index (χ3v) is 22.7. The van der Waals surface area contributed by atoms with Gasteiger partial charge in [0.05, 0.1) is 183 Å². The number of nitrogens with zero attached hydrogens (tertiary/aromatic N) is 7. The van der Waals surface area contributed by atoms with Gasteiger partial charge in [0.1, 0.15) is 73.1 Å². The normalized spacial score (nSPS) is 17.1. The van der Waals surface area contributed by atoms with E-state index in [9.17, 15) is 30.6 Å². The SMILES string of the molecule is C[N+]1(CCCCc2cc(O)ccc2N)CCCC1.C[N+]1(CCCCc2cc(O)ccc2N)CCCCC1.C[N+]1(CCCCc2cc(O)ccc2N)CCOCC1.C[N+]1(CCNc2cc(O)ccc2N)CCCC1.C[N+]1(CCNc2cc(O)ccc2N)CCOCC1.C[n+]1ccn(CCCc2cc(O)ccc2N)c1. The van der Waals surface area contributed by atoms with Crippen LogP contribution in [-0.4, -0.2) is 231 Å². The van der Waals surface area contributed by atoms with Gasteiger partial charge in [-0.2, -0.15) is 0 Å². The maximum Gasteiger partial charge on any atom is 0.243 e. The van der Waals surface area contributed by atoms with Crippen molar-refractivity contribution in [3.8, 4) is 34.5 Å². The summed E-state index contributed by atoms with van der Waals surface area (Å²) in [5, 5.41) is 63.2. The van der Waals surface area contributed by atoms with E-state index in [1.165, 1.54) is 132 Å². The number of anilines is 8. The molecular weight excluding hydrogens is 1360 g/mol. The Bertz CT molecular complexity index is 3690. The van der Waals surface area contributed by atoms with Crippen molar-refractivity contribution in [2.24, 2.45) is 7.05 Å². The number of rotatable bonds is 27. The van der Waals surface area contributed by atoms with Gasteiger partial charge in [0.25, 0.3) is 0 Å². The molecule has 5 fully saturated rings. The van der Waals surface area contributed by atoms with Gasteiger partial charge in [-0.25, -0.2) is 9.13 Å². The Morgan fingerprint density at radius 3 is 0.954 bits per heavy atom. The first-order valence-corrected chi connectivity index (χ1v) is 39.9. The molecule has 20 N–H and O–H groups in total. The van der Waals surface area contributed by atoms with E-state index in [-0.39, 0.29) is 17.2 Å². The molecule has 7 aromatic rings. The van der Waals surface area contributed by atoms with E-state index in [2.05, 4.69) is 50.4 Å². The quantitative estimate of drug-likeness (QED) is 0.00748. The molecule has 0 radical (unpaired) electrons. The molecule has 5 saturated heterocycles. The van der Waals surface area contributed by atoms with Gasteiger partial charge in [0.2, 0.25) is 6.33 Å². The summed E-state index contributed by atoms with van der Waals surface area (Å²) >= 11 is 0. The molecule has 0 aliphatic carbocycles. The first-order valence-electron chi connectivity index (χ1n) is 39.9. The van der Waals surface area contributed by atoms with Gasteiger partial charge in [-0.3, -0.25) is 0 Å². The minimum atomic E-state index is 0.235. The zero-order valence-corrected chi connectivity index (χ0v) is 66.5. The average Bonchev–Trinajstić information content (AvgIpc) is 1.70. The van der Waals surface area contributed by atoms with E-state index in [4.69, 9.17) is 43.9 Å². The number of likely N-dealkylation sites (tertiary alicyclic amines) is 3. The molecule has 5 aliphatic heterocycles. The number of morpholine rings is 2. The van der Waals surface area contributed by atoms with E-state index in [0.717, 1.165) is 207 Å². The predicted octanol–water partition coefficient (Wildman–Crippen LogP) is 11.0. The molecule has 0 saturated carbocycles. The monoisotopic (exact) mass is 1500 g/mol. The molecule has 108 heavy (non-hydrogen) atoms. The third-order valence-electron chi connectivity index (χ3n) is 22.7. The molecule has 6 heterocycles. The van der Waals surface area contributed by atoms with Crippen molar-refractivity contribution in [2.45, 2.75) is 122 Å². The predicted molar refractivity (Wildman–Crippen MR) is 443 cm³/mol. The van der Waals surface area contributed by atoms with Crippen molar-refractivity contribution in [3.05, 3.63) is 150 Å². The Morgan fingerprint density at radius 1 is 0.352 bits per heavy atom. The standard InChI is InChI=1S/C16H26N2O.C15H24N2O2.C15H24N2O.C13H21N3O2.C13H21N3O.C13H17N3O/c1-18(10-4-2-5-11-18)12-6-3-7-14-13-15(19)8-9-16(14)17;1-17(8-10-19-11-9-17)7-3-2-4-13-12-14(18)5-6-15(13)16;1-17(10-4-5-11-17)9-3-2-6-13-12-14(18)7-8-15(13)16;1-16(6-8-18-9-7-16)5-4-15-13-10-11(17)2-3-12(13)14;1-16(7-2-3-8-16)9-6-15-13-10-11(17)4-5-12(13)14;1-15-7-8-16(10-15)6-2-3-11-9-12(17)4-5-13(11)14/h8-9,13H,2-7,10-12,17H2,1H3;5-6,12H,2-4,7-11,16H2,1H3;7-8,12H,2-6,9-11,16H2,1H3;2-3,10,15H,4-9,14H2,1H3;4-5,10,15H,2-3,6-9,14H2,1H3;4-5,7-10H,2-3,6,14H2,1H3/p+6. The van der Waals surface area contributed by atoms with Crippen LogP contribution in [0.1, 0.15) is 112 Å². The number of nitrogen functional groups attached to an aromatic ring is 6. The number of hydrogen-bond donors (Lipinski definition) is 14. The zero-order valence-electron chi connectivity index (χ0n) is 66.5. The Hall–Kier alpha value is -8.55. The number of nitrogens with two attached hydrogens (primary N) is 6. The number of aryl methyl sites for hydroxylation is 6. The first-order chi connectivity index (χ1) is 51.6. The molecule has 0 unspecified atom stereocenters. The van der Waals surface area contributed by atoms with E-state index >= 15 is 0 Å².